The third kappa shape index (κ3) is 3.91. The summed E-state index contributed by atoms with van der Waals surface area (Å²) in [6.07, 6.45) is 2.74. The summed E-state index contributed by atoms with van der Waals surface area (Å²) >= 11 is 0. The van der Waals surface area contributed by atoms with E-state index in [0.29, 0.717) is 17.7 Å². The molecule has 6 heteroatoms. The first kappa shape index (κ1) is 19.6. The topological polar surface area (TPSA) is 79.7 Å². The Labute approximate surface area is 164 Å². The Kier molecular flexibility index (Phi) is 5.49. The van der Waals surface area contributed by atoms with Gasteiger partial charge in [-0.15, -0.1) is 0 Å². The fraction of sp³-hybridized carbons (Fsp3) is 0.318. The molecule has 1 amide bonds. The normalized spacial score (nSPS) is 20.2. The molecule has 0 saturated carbocycles. The molecule has 6 nitrogen and oxygen atoms in total. The lowest BCUT2D eigenvalue weighted by Crippen LogP contribution is -2.58. The summed E-state index contributed by atoms with van der Waals surface area (Å²) in [6, 6.07) is 12.4. The first-order valence-electron chi connectivity index (χ1n) is 9.12. The van der Waals surface area contributed by atoms with Crippen LogP contribution in [0.2, 0.25) is 0 Å². The number of methoxy groups -OCH3 is 1. The molecule has 0 radical (unpaired) electrons. The van der Waals surface area contributed by atoms with Gasteiger partial charge in [-0.3, -0.25) is 14.7 Å². The number of ketones is 1. The molecule has 1 aliphatic heterocycles. The second kappa shape index (κ2) is 7.84. The standard InChI is InChI=1S/C22H24N2O4/c1-22(2)19(12-15-7-9-18(28-3)10-8-15)24(21(26)27)14-16(20(22)25)13-17-6-4-5-11-23-17/h4-11,13,19H,12,14H2,1-3H3,(H,26,27). The van der Waals surface area contributed by atoms with Crippen molar-refractivity contribution >= 4 is 18.0 Å². The maximum atomic E-state index is 13.2. The molecule has 1 saturated heterocycles. The predicted molar refractivity (Wildman–Crippen MR) is 106 cm³/mol. The van der Waals surface area contributed by atoms with Gasteiger partial charge in [-0.1, -0.05) is 32.0 Å². The number of carbonyl (C=O) groups is 2. The van der Waals surface area contributed by atoms with E-state index < -0.39 is 17.6 Å². The molecule has 0 bridgehead atoms. The van der Waals surface area contributed by atoms with Crippen molar-refractivity contribution in [3.8, 4) is 5.75 Å². The van der Waals surface area contributed by atoms with Gasteiger partial charge in [0.1, 0.15) is 5.75 Å². The average molecular weight is 380 g/mol. The molecule has 3 rings (SSSR count). The largest absolute Gasteiger partial charge is 0.497 e. The van der Waals surface area contributed by atoms with Crippen molar-refractivity contribution in [1.29, 1.82) is 0 Å². The SMILES string of the molecule is COc1ccc(CC2N(C(=O)O)CC(=Cc3ccccn3)C(=O)C2(C)C)cc1. The van der Waals surface area contributed by atoms with E-state index in [-0.39, 0.29) is 12.3 Å². The van der Waals surface area contributed by atoms with Crippen molar-refractivity contribution in [1.82, 2.24) is 9.88 Å². The Morgan fingerprint density at radius 2 is 2.00 bits per heavy atom. The number of ether oxygens (including phenoxy) is 1. The lowest BCUT2D eigenvalue weighted by Gasteiger charge is -2.45. The summed E-state index contributed by atoms with van der Waals surface area (Å²) in [5.41, 5.74) is 1.18. The van der Waals surface area contributed by atoms with Crippen molar-refractivity contribution in [3.63, 3.8) is 0 Å². The van der Waals surface area contributed by atoms with Crippen molar-refractivity contribution in [2.45, 2.75) is 26.3 Å². The Morgan fingerprint density at radius 1 is 1.29 bits per heavy atom. The van der Waals surface area contributed by atoms with Gasteiger partial charge in [-0.2, -0.15) is 0 Å². The van der Waals surface area contributed by atoms with Gasteiger partial charge in [0.25, 0.3) is 0 Å². The van der Waals surface area contributed by atoms with Gasteiger partial charge in [0, 0.05) is 17.2 Å². The number of likely N-dealkylation sites (tertiary alicyclic amines) is 1. The number of nitrogens with zero attached hydrogens (tertiary/aromatic N) is 2. The van der Waals surface area contributed by atoms with Crippen LogP contribution >= 0.6 is 0 Å². The zero-order valence-electron chi connectivity index (χ0n) is 16.3. The molecule has 2 heterocycles. The first-order valence-corrected chi connectivity index (χ1v) is 9.12. The maximum Gasteiger partial charge on any atom is 0.407 e. The summed E-state index contributed by atoms with van der Waals surface area (Å²) in [5.74, 6) is 0.688. The van der Waals surface area contributed by atoms with Crippen molar-refractivity contribution < 1.29 is 19.4 Å². The average Bonchev–Trinajstić information content (AvgIpc) is 2.69. The van der Waals surface area contributed by atoms with E-state index in [1.807, 2.05) is 44.2 Å². The Morgan fingerprint density at radius 3 is 2.57 bits per heavy atom. The molecule has 1 N–H and O–H groups in total. The van der Waals surface area contributed by atoms with Gasteiger partial charge < -0.3 is 9.84 Å². The highest BCUT2D eigenvalue weighted by Crippen LogP contribution is 2.37. The van der Waals surface area contributed by atoms with Crippen molar-refractivity contribution in [2.24, 2.45) is 5.41 Å². The summed E-state index contributed by atoms with van der Waals surface area (Å²) < 4.78 is 5.18. The van der Waals surface area contributed by atoms with Crippen LogP contribution in [0.1, 0.15) is 25.1 Å². The van der Waals surface area contributed by atoms with Gasteiger partial charge in [0.2, 0.25) is 0 Å². The van der Waals surface area contributed by atoms with E-state index in [2.05, 4.69) is 4.98 Å². The van der Waals surface area contributed by atoms with Crippen LogP contribution in [0.4, 0.5) is 4.79 Å². The van der Waals surface area contributed by atoms with Crippen LogP contribution in [0.25, 0.3) is 6.08 Å². The number of Topliss-reactive ketones (excluding diaryl/α,β-unsaturated/α-hetero) is 1. The first-order chi connectivity index (χ1) is 13.3. The zero-order chi connectivity index (χ0) is 20.3. The van der Waals surface area contributed by atoms with Crippen LogP contribution in [0, 0.1) is 5.41 Å². The Balaban J connectivity index is 1.93. The summed E-state index contributed by atoms with van der Waals surface area (Å²) in [5, 5.41) is 9.82. The molecule has 1 atom stereocenters. The minimum atomic E-state index is -1.04. The third-order valence-electron chi connectivity index (χ3n) is 5.27. The molecule has 28 heavy (non-hydrogen) atoms. The number of carbonyl (C=O) groups excluding carboxylic acids is 1. The van der Waals surface area contributed by atoms with Crippen LogP contribution in [0.3, 0.4) is 0 Å². The highest BCUT2D eigenvalue weighted by atomic mass is 16.5. The Hall–Kier alpha value is -3.15. The van der Waals surface area contributed by atoms with E-state index in [0.717, 1.165) is 11.3 Å². The minimum absolute atomic E-state index is 0.0471. The second-order valence-corrected chi connectivity index (χ2v) is 7.45. The minimum Gasteiger partial charge on any atom is -0.497 e. The van der Waals surface area contributed by atoms with Crippen LogP contribution in [0.5, 0.6) is 5.75 Å². The number of hydrogen-bond acceptors (Lipinski definition) is 4. The number of benzene rings is 1. The van der Waals surface area contributed by atoms with Crippen molar-refractivity contribution in [2.75, 3.05) is 13.7 Å². The van der Waals surface area contributed by atoms with Crippen LogP contribution < -0.4 is 4.74 Å². The lowest BCUT2D eigenvalue weighted by molar-refractivity contribution is -0.129. The van der Waals surface area contributed by atoms with E-state index in [1.165, 1.54) is 4.90 Å². The molecule has 1 aliphatic rings. The molecule has 1 fully saturated rings. The lowest BCUT2D eigenvalue weighted by atomic mass is 9.71. The molecule has 2 aromatic rings. The number of pyridine rings is 1. The van der Waals surface area contributed by atoms with Gasteiger partial charge in [-0.25, -0.2) is 4.79 Å². The number of amides is 1. The number of piperidine rings is 1. The van der Waals surface area contributed by atoms with E-state index in [1.54, 1.807) is 31.5 Å². The quantitative estimate of drug-likeness (QED) is 0.819. The van der Waals surface area contributed by atoms with Crippen LogP contribution in [-0.2, 0) is 11.2 Å². The second-order valence-electron chi connectivity index (χ2n) is 7.45. The van der Waals surface area contributed by atoms with Gasteiger partial charge in [0.05, 0.1) is 25.4 Å². The molecule has 1 aromatic heterocycles. The molecule has 1 aromatic carbocycles. The smallest absolute Gasteiger partial charge is 0.407 e. The zero-order valence-corrected chi connectivity index (χ0v) is 16.3. The molecule has 0 spiro atoms. The summed E-state index contributed by atoms with van der Waals surface area (Å²) in [7, 11) is 1.60. The molecular weight excluding hydrogens is 356 g/mol. The van der Waals surface area contributed by atoms with E-state index >= 15 is 0 Å². The predicted octanol–water partition coefficient (Wildman–Crippen LogP) is 3.67. The van der Waals surface area contributed by atoms with Gasteiger partial charge in [-0.05, 0) is 42.3 Å². The third-order valence-corrected chi connectivity index (χ3v) is 5.27. The highest BCUT2D eigenvalue weighted by molar-refractivity contribution is 6.05. The summed E-state index contributed by atoms with van der Waals surface area (Å²) in [6.45, 7) is 3.67. The van der Waals surface area contributed by atoms with Crippen molar-refractivity contribution in [3.05, 3.63) is 65.5 Å². The van der Waals surface area contributed by atoms with Crippen LogP contribution in [0.15, 0.2) is 54.2 Å². The summed E-state index contributed by atoms with van der Waals surface area (Å²) in [4.78, 5) is 30.8. The van der Waals surface area contributed by atoms with Gasteiger partial charge in [0.15, 0.2) is 5.78 Å². The number of aromatic nitrogens is 1. The molecule has 146 valence electrons. The fourth-order valence-corrected chi connectivity index (χ4v) is 3.62. The van der Waals surface area contributed by atoms with E-state index in [9.17, 15) is 14.7 Å². The fourth-order valence-electron chi connectivity index (χ4n) is 3.62. The number of rotatable bonds is 4. The van der Waals surface area contributed by atoms with Gasteiger partial charge >= 0.3 is 6.09 Å². The van der Waals surface area contributed by atoms with Crippen LogP contribution in [-0.4, -0.2) is 46.6 Å². The molecular formula is C22H24N2O4. The molecule has 0 aliphatic carbocycles. The number of carboxylic acid groups (broad SMARTS) is 1. The molecule has 1 unspecified atom stereocenters. The Bertz CT molecular complexity index is 889. The number of hydrogen-bond donors (Lipinski definition) is 1. The maximum absolute atomic E-state index is 13.2. The van der Waals surface area contributed by atoms with E-state index in [4.69, 9.17) is 4.74 Å². The highest BCUT2D eigenvalue weighted by Gasteiger charge is 2.47. The monoisotopic (exact) mass is 380 g/mol.